The minimum absolute atomic E-state index is 0.149. The van der Waals surface area contributed by atoms with Crippen LogP contribution in [0.3, 0.4) is 0 Å². The fourth-order valence-electron chi connectivity index (χ4n) is 5.87. The zero-order valence-electron chi connectivity index (χ0n) is 24.4. The Hall–Kier alpha value is -2.84. The minimum Gasteiger partial charge on any atom is -0.488 e. The van der Waals surface area contributed by atoms with Gasteiger partial charge in [0.05, 0.1) is 25.0 Å². The summed E-state index contributed by atoms with van der Waals surface area (Å²) in [6.07, 6.45) is 13.9. The number of rotatable bonds is 9. The lowest BCUT2D eigenvalue weighted by molar-refractivity contribution is 0.0537. The van der Waals surface area contributed by atoms with E-state index in [9.17, 15) is 0 Å². The van der Waals surface area contributed by atoms with E-state index in [0.717, 1.165) is 95.1 Å². The van der Waals surface area contributed by atoms with Crippen LogP contribution in [0.5, 0.6) is 0 Å². The highest BCUT2D eigenvalue weighted by Crippen LogP contribution is 2.32. The Morgan fingerprint density at radius 3 is 2.64 bits per heavy atom. The minimum atomic E-state index is 0.149. The highest BCUT2D eigenvalue weighted by atomic mass is 16.5. The van der Waals surface area contributed by atoms with Crippen LogP contribution in [0.4, 0.5) is 0 Å². The molecule has 8 nitrogen and oxygen atoms in total. The van der Waals surface area contributed by atoms with Crippen LogP contribution in [0.2, 0.25) is 0 Å². The Morgan fingerprint density at radius 2 is 1.97 bits per heavy atom. The van der Waals surface area contributed by atoms with E-state index in [1.54, 1.807) is 6.20 Å². The van der Waals surface area contributed by atoms with Gasteiger partial charge in [0.15, 0.2) is 0 Å². The van der Waals surface area contributed by atoms with Gasteiger partial charge in [-0.15, -0.1) is 0 Å². The second-order valence-corrected chi connectivity index (χ2v) is 11.2. The average Bonchev–Trinajstić information content (AvgIpc) is 2.96. The van der Waals surface area contributed by atoms with Gasteiger partial charge >= 0.3 is 0 Å². The Kier molecular flexibility index (Phi) is 10.5. The normalized spacial score (nSPS) is 28.8. The van der Waals surface area contributed by atoms with Crippen molar-refractivity contribution in [3.05, 3.63) is 58.5 Å². The maximum Gasteiger partial charge on any atom is 0.143 e. The van der Waals surface area contributed by atoms with Crippen molar-refractivity contribution in [2.45, 2.75) is 71.4 Å². The number of aliphatic imine (C=N–C) groups is 2. The molecule has 1 atom stereocenters. The van der Waals surface area contributed by atoms with Crippen LogP contribution in [0.15, 0.2) is 68.5 Å². The molecule has 0 aromatic rings. The zero-order valence-corrected chi connectivity index (χ0v) is 24.4. The van der Waals surface area contributed by atoms with Gasteiger partial charge in [0.2, 0.25) is 0 Å². The van der Waals surface area contributed by atoms with Crippen molar-refractivity contribution in [1.82, 2.24) is 15.1 Å². The highest BCUT2D eigenvalue weighted by molar-refractivity contribution is 6.03. The van der Waals surface area contributed by atoms with E-state index in [2.05, 4.69) is 71.8 Å². The van der Waals surface area contributed by atoms with Crippen LogP contribution in [-0.2, 0) is 9.47 Å². The molecule has 2 aliphatic carbocycles. The molecule has 0 aromatic heterocycles. The third-order valence-corrected chi connectivity index (χ3v) is 8.33. The molecule has 1 saturated carbocycles. The molecule has 1 saturated heterocycles. The molecule has 3 N–H and O–H groups in total. The molecule has 4 aliphatic rings. The number of hydrogen-bond acceptors (Lipinski definition) is 8. The molecule has 8 heteroatoms. The molecule has 2 fully saturated rings. The van der Waals surface area contributed by atoms with Crippen molar-refractivity contribution >= 4 is 12.4 Å². The summed E-state index contributed by atoms with van der Waals surface area (Å²) in [6, 6.07) is 0.420. The highest BCUT2D eigenvalue weighted by Gasteiger charge is 2.30. The topological polar surface area (TPSA) is 87.7 Å². The van der Waals surface area contributed by atoms with Crippen molar-refractivity contribution in [3.63, 3.8) is 0 Å². The molecule has 0 bridgehead atoms. The average molecular weight is 537 g/mol. The smallest absolute Gasteiger partial charge is 0.143 e. The standard InChI is InChI=1S/C31H48N6O2/c1-6-22(2)30(27-21-36(5)14-11-28(27)33-4)35-24-7-9-26(10-8-24)39-29-20-25(37-15-17-38-18-16-37)19-23(3)31(29)34-13-12-32/h12-13,19-20,23-24,26,35H,4,6-11,14-18,21,32H2,1-3,5H3/b13-12-,30-22-,34-31+/t23-,24-,26+/m0/s1. The summed E-state index contributed by atoms with van der Waals surface area (Å²) in [4.78, 5) is 13.8. The molecule has 2 heterocycles. The van der Waals surface area contributed by atoms with Crippen molar-refractivity contribution in [1.29, 1.82) is 0 Å². The summed E-state index contributed by atoms with van der Waals surface area (Å²) in [5.74, 6) is 1.02. The van der Waals surface area contributed by atoms with E-state index in [4.69, 9.17) is 15.2 Å². The number of ether oxygens (including phenoxy) is 2. The Balaban J connectivity index is 1.44. The molecule has 0 aromatic carbocycles. The van der Waals surface area contributed by atoms with Crippen LogP contribution >= 0.6 is 0 Å². The summed E-state index contributed by atoms with van der Waals surface area (Å²) in [5.41, 5.74) is 12.9. The second-order valence-electron chi connectivity index (χ2n) is 11.2. The Morgan fingerprint density at radius 1 is 1.23 bits per heavy atom. The molecule has 39 heavy (non-hydrogen) atoms. The van der Waals surface area contributed by atoms with Gasteiger partial charge in [-0.05, 0) is 52.8 Å². The second kappa shape index (κ2) is 14.0. The number of morpholine rings is 1. The number of nitrogens with two attached hydrogens (primary N) is 1. The first-order valence-electron chi connectivity index (χ1n) is 14.6. The van der Waals surface area contributed by atoms with Crippen LogP contribution in [-0.4, -0.2) is 80.8 Å². The molecule has 2 aliphatic heterocycles. The molecule has 0 amide bonds. The summed E-state index contributed by atoms with van der Waals surface area (Å²) in [5, 5.41) is 3.94. The van der Waals surface area contributed by atoms with Gasteiger partial charge in [-0.25, -0.2) is 0 Å². The fraction of sp³-hybridized carbons (Fsp3) is 0.613. The number of hydrogen-bond donors (Lipinski definition) is 2. The van der Waals surface area contributed by atoms with E-state index in [0.29, 0.717) is 6.04 Å². The predicted molar refractivity (Wildman–Crippen MR) is 160 cm³/mol. The number of likely N-dealkylation sites (N-methyl/N-ethyl adjacent to an activating group) is 1. The van der Waals surface area contributed by atoms with Crippen molar-refractivity contribution < 1.29 is 9.47 Å². The van der Waals surface area contributed by atoms with Gasteiger partial charge in [0.25, 0.3) is 0 Å². The molecule has 0 spiro atoms. The fourth-order valence-corrected chi connectivity index (χ4v) is 5.87. The molecule has 0 radical (unpaired) electrons. The van der Waals surface area contributed by atoms with Crippen LogP contribution in [0.25, 0.3) is 0 Å². The van der Waals surface area contributed by atoms with Crippen LogP contribution in [0.1, 0.15) is 59.3 Å². The maximum atomic E-state index is 6.70. The van der Waals surface area contributed by atoms with E-state index in [-0.39, 0.29) is 12.0 Å². The summed E-state index contributed by atoms with van der Waals surface area (Å²) in [7, 11) is 2.18. The summed E-state index contributed by atoms with van der Waals surface area (Å²) >= 11 is 0. The first kappa shape index (κ1) is 29.2. The maximum absolute atomic E-state index is 6.70. The lowest BCUT2D eigenvalue weighted by atomic mass is 9.90. The molecular weight excluding hydrogens is 488 g/mol. The first-order chi connectivity index (χ1) is 18.9. The molecule has 0 unspecified atom stereocenters. The SMILES string of the molecule is C=NC1=C(/C(N[C@H]2CC[C@@H](OC3=CC(N4CCOCC4)=C[C@H](C)/C3=N\C=C/N)CC2)=C(\C)CC)CN(C)CC1. The molecule has 4 rings (SSSR count). The van der Waals surface area contributed by atoms with Crippen LogP contribution in [0, 0.1) is 5.92 Å². The van der Waals surface area contributed by atoms with E-state index in [1.807, 2.05) is 0 Å². The van der Waals surface area contributed by atoms with E-state index >= 15 is 0 Å². The summed E-state index contributed by atoms with van der Waals surface area (Å²) in [6.45, 7) is 15.8. The van der Waals surface area contributed by atoms with Gasteiger partial charge < -0.3 is 30.3 Å². The quantitative estimate of drug-likeness (QED) is 0.422. The number of nitrogens with zero attached hydrogens (tertiary/aromatic N) is 4. The Bertz CT molecular complexity index is 1050. The van der Waals surface area contributed by atoms with Crippen molar-refractivity contribution in [2.24, 2.45) is 21.6 Å². The number of nitrogens with one attached hydrogen (secondary N) is 1. The largest absolute Gasteiger partial charge is 0.488 e. The Labute approximate surface area is 235 Å². The zero-order chi connectivity index (χ0) is 27.8. The third kappa shape index (κ3) is 7.42. The first-order valence-corrected chi connectivity index (χ1v) is 14.6. The van der Waals surface area contributed by atoms with Crippen molar-refractivity contribution in [3.8, 4) is 0 Å². The molecule has 214 valence electrons. The summed E-state index contributed by atoms with van der Waals surface area (Å²) < 4.78 is 12.3. The third-order valence-electron chi connectivity index (χ3n) is 8.33. The predicted octanol–water partition coefficient (Wildman–Crippen LogP) is 4.50. The van der Waals surface area contributed by atoms with Gasteiger partial charge in [0, 0.05) is 85.7 Å². The van der Waals surface area contributed by atoms with E-state index < -0.39 is 0 Å². The molecular formula is C31H48N6O2. The van der Waals surface area contributed by atoms with E-state index in [1.165, 1.54) is 28.7 Å². The number of allylic oxidation sites excluding steroid dienone is 4. The monoisotopic (exact) mass is 536 g/mol. The van der Waals surface area contributed by atoms with Crippen LogP contribution < -0.4 is 11.1 Å². The lowest BCUT2D eigenvalue weighted by Crippen LogP contribution is -2.39. The van der Waals surface area contributed by atoms with Crippen molar-refractivity contribution in [2.75, 3.05) is 46.4 Å². The lowest BCUT2D eigenvalue weighted by Gasteiger charge is -2.36. The van der Waals surface area contributed by atoms with Gasteiger partial charge in [-0.2, -0.15) is 0 Å². The van der Waals surface area contributed by atoms with Gasteiger partial charge in [-0.3, -0.25) is 9.98 Å². The van der Waals surface area contributed by atoms with Gasteiger partial charge in [0.1, 0.15) is 5.76 Å². The van der Waals surface area contributed by atoms with Gasteiger partial charge in [-0.1, -0.05) is 25.5 Å².